The van der Waals surface area contributed by atoms with E-state index in [0.29, 0.717) is 5.69 Å². The second kappa shape index (κ2) is 7.87. The Morgan fingerprint density at radius 2 is 2.04 bits per heavy atom. The van der Waals surface area contributed by atoms with Crippen molar-refractivity contribution in [2.24, 2.45) is 0 Å². The van der Waals surface area contributed by atoms with Gasteiger partial charge in [-0.3, -0.25) is 14.9 Å². The van der Waals surface area contributed by atoms with Gasteiger partial charge in [-0.25, -0.2) is 0 Å². The Bertz CT molecular complexity index is 732. The van der Waals surface area contributed by atoms with E-state index < -0.39 is 4.92 Å². The number of nitro benzene ring substituents is 1. The molecule has 0 aliphatic heterocycles. The molecular weight excluding hydrogens is 360 g/mol. The summed E-state index contributed by atoms with van der Waals surface area (Å²) >= 11 is 3.45. The van der Waals surface area contributed by atoms with Gasteiger partial charge < -0.3 is 5.32 Å². The van der Waals surface area contributed by atoms with Crippen LogP contribution in [-0.4, -0.2) is 10.8 Å². The van der Waals surface area contributed by atoms with Crippen LogP contribution in [0.25, 0.3) is 0 Å². The van der Waals surface area contributed by atoms with Gasteiger partial charge in [-0.2, -0.15) is 0 Å². The van der Waals surface area contributed by atoms with Crippen molar-refractivity contribution in [2.75, 3.05) is 5.32 Å². The summed E-state index contributed by atoms with van der Waals surface area (Å²) < 4.78 is 0.796. The number of nitrogens with one attached hydrogen (secondary N) is 1. The number of carbonyl (C=O) groups excluding carboxylic acids is 1. The van der Waals surface area contributed by atoms with Crippen LogP contribution in [0.2, 0.25) is 0 Å². The van der Waals surface area contributed by atoms with Gasteiger partial charge >= 0.3 is 0 Å². The molecule has 0 saturated carbocycles. The lowest BCUT2D eigenvalue weighted by molar-refractivity contribution is -0.384. The maximum atomic E-state index is 12.2. The van der Waals surface area contributed by atoms with Crippen LogP contribution < -0.4 is 5.32 Å². The van der Waals surface area contributed by atoms with Crippen molar-refractivity contribution < 1.29 is 9.72 Å². The van der Waals surface area contributed by atoms with Crippen molar-refractivity contribution in [2.45, 2.75) is 26.2 Å². The van der Waals surface area contributed by atoms with Crippen molar-refractivity contribution in [1.82, 2.24) is 0 Å². The van der Waals surface area contributed by atoms with Gasteiger partial charge in [-0.1, -0.05) is 25.5 Å². The fourth-order valence-electron chi connectivity index (χ4n) is 2.15. The highest BCUT2D eigenvalue weighted by molar-refractivity contribution is 9.10. The molecule has 2 aromatic carbocycles. The third kappa shape index (κ3) is 4.63. The van der Waals surface area contributed by atoms with Crippen LogP contribution in [0.4, 0.5) is 11.4 Å². The summed E-state index contributed by atoms with van der Waals surface area (Å²) in [7, 11) is 0. The lowest BCUT2D eigenvalue weighted by Crippen LogP contribution is -2.12. The van der Waals surface area contributed by atoms with Gasteiger partial charge in [0.25, 0.3) is 11.6 Å². The van der Waals surface area contributed by atoms with Crippen molar-refractivity contribution in [3.8, 4) is 0 Å². The van der Waals surface area contributed by atoms with Gasteiger partial charge in [-0.05, 0) is 52.5 Å². The van der Waals surface area contributed by atoms with Gasteiger partial charge in [0.05, 0.1) is 10.6 Å². The molecule has 5 nitrogen and oxygen atoms in total. The van der Waals surface area contributed by atoms with E-state index in [4.69, 9.17) is 0 Å². The quantitative estimate of drug-likeness (QED) is 0.572. The number of hydrogen-bond donors (Lipinski definition) is 1. The van der Waals surface area contributed by atoms with E-state index in [9.17, 15) is 14.9 Å². The van der Waals surface area contributed by atoms with Crippen molar-refractivity contribution in [1.29, 1.82) is 0 Å². The standard InChI is InChI=1S/C17H17BrN2O3/c1-2-3-5-12-8-9-16(15(18)10-12)19-17(21)13-6-4-7-14(11-13)20(22)23/h4,6-11H,2-3,5H2,1H3,(H,19,21). The molecule has 23 heavy (non-hydrogen) atoms. The van der Waals surface area contributed by atoms with Crippen molar-refractivity contribution >= 4 is 33.2 Å². The maximum absolute atomic E-state index is 12.2. The fraction of sp³-hybridized carbons (Fsp3) is 0.235. The Hall–Kier alpha value is -2.21. The van der Waals surface area contributed by atoms with Gasteiger partial charge in [0.2, 0.25) is 0 Å². The zero-order chi connectivity index (χ0) is 16.8. The average Bonchev–Trinajstić information content (AvgIpc) is 2.55. The first-order valence-electron chi connectivity index (χ1n) is 7.35. The number of unbranched alkanes of at least 4 members (excludes halogenated alkanes) is 1. The summed E-state index contributed by atoms with van der Waals surface area (Å²) in [5, 5.41) is 13.5. The van der Waals surface area contributed by atoms with E-state index >= 15 is 0 Å². The van der Waals surface area contributed by atoms with Crippen LogP contribution in [0.5, 0.6) is 0 Å². The molecule has 0 aromatic heterocycles. The molecule has 0 aliphatic rings. The molecule has 0 radical (unpaired) electrons. The number of nitrogens with zero attached hydrogens (tertiary/aromatic N) is 1. The maximum Gasteiger partial charge on any atom is 0.270 e. The molecule has 0 bridgehead atoms. The molecule has 0 aliphatic carbocycles. The zero-order valence-corrected chi connectivity index (χ0v) is 14.3. The molecule has 0 fully saturated rings. The number of carbonyl (C=O) groups is 1. The number of anilines is 1. The highest BCUT2D eigenvalue weighted by Crippen LogP contribution is 2.25. The third-order valence-corrected chi connectivity index (χ3v) is 4.08. The molecule has 6 heteroatoms. The number of nitro groups is 1. The molecule has 0 spiro atoms. The van der Waals surface area contributed by atoms with E-state index in [2.05, 4.69) is 28.2 Å². The predicted molar refractivity (Wildman–Crippen MR) is 93.8 cm³/mol. The minimum Gasteiger partial charge on any atom is -0.321 e. The topological polar surface area (TPSA) is 72.2 Å². The van der Waals surface area contributed by atoms with E-state index in [1.807, 2.05) is 18.2 Å². The minimum atomic E-state index is -0.519. The molecule has 2 rings (SSSR count). The van der Waals surface area contributed by atoms with Gasteiger partial charge in [0.1, 0.15) is 0 Å². The number of halogens is 1. The highest BCUT2D eigenvalue weighted by atomic mass is 79.9. The normalized spacial score (nSPS) is 10.3. The largest absolute Gasteiger partial charge is 0.321 e. The number of rotatable bonds is 6. The molecule has 1 N–H and O–H groups in total. The summed E-state index contributed by atoms with van der Waals surface area (Å²) in [6.45, 7) is 2.14. The van der Waals surface area contributed by atoms with Gasteiger partial charge in [-0.15, -0.1) is 0 Å². The Balaban J connectivity index is 2.14. The smallest absolute Gasteiger partial charge is 0.270 e. The Morgan fingerprint density at radius 3 is 2.70 bits per heavy atom. The average molecular weight is 377 g/mol. The molecule has 0 saturated heterocycles. The molecule has 2 aromatic rings. The Labute approximate surface area is 143 Å². The molecule has 1 amide bonds. The number of non-ortho nitro benzene ring substituents is 1. The van der Waals surface area contributed by atoms with E-state index in [-0.39, 0.29) is 17.2 Å². The molecule has 0 atom stereocenters. The van der Waals surface area contributed by atoms with Crippen LogP contribution in [0.15, 0.2) is 46.9 Å². The van der Waals surface area contributed by atoms with Gasteiger partial charge in [0, 0.05) is 22.2 Å². The zero-order valence-electron chi connectivity index (χ0n) is 12.7. The first kappa shape index (κ1) is 17.1. The number of hydrogen-bond acceptors (Lipinski definition) is 3. The number of aryl methyl sites for hydroxylation is 1. The van der Waals surface area contributed by atoms with Crippen molar-refractivity contribution in [3.05, 3.63) is 68.2 Å². The summed E-state index contributed by atoms with van der Waals surface area (Å²) in [6, 6.07) is 11.5. The van der Waals surface area contributed by atoms with Crippen LogP contribution in [0, 0.1) is 10.1 Å². The number of amides is 1. The van der Waals surface area contributed by atoms with Gasteiger partial charge in [0.15, 0.2) is 0 Å². The van der Waals surface area contributed by atoms with E-state index in [1.54, 1.807) is 6.07 Å². The van der Waals surface area contributed by atoms with Crippen LogP contribution in [0.1, 0.15) is 35.7 Å². The third-order valence-electron chi connectivity index (χ3n) is 3.42. The first-order chi connectivity index (χ1) is 11.0. The Morgan fingerprint density at radius 1 is 1.26 bits per heavy atom. The SMILES string of the molecule is CCCCc1ccc(NC(=O)c2cccc([N+](=O)[O-])c2)c(Br)c1. The van der Waals surface area contributed by atoms with E-state index in [1.165, 1.54) is 23.8 Å². The van der Waals surface area contributed by atoms with E-state index in [0.717, 1.165) is 23.7 Å². The molecule has 0 unspecified atom stereocenters. The minimum absolute atomic E-state index is 0.105. The molecule has 120 valence electrons. The first-order valence-corrected chi connectivity index (χ1v) is 8.14. The second-order valence-electron chi connectivity index (χ2n) is 5.18. The summed E-state index contributed by atoms with van der Waals surface area (Å²) in [5.74, 6) is -0.379. The van der Waals surface area contributed by atoms with Crippen LogP contribution in [-0.2, 0) is 6.42 Å². The lowest BCUT2D eigenvalue weighted by atomic mass is 10.1. The molecule has 0 heterocycles. The Kier molecular flexibility index (Phi) is 5.87. The summed E-state index contributed by atoms with van der Waals surface area (Å²) in [4.78, 5) is 22.5. The highest BCUT2D eigenvalue weighted by Gasteiger charge is 2.13. The molecular formula is C17H17BrN2O3. The summed E-state index contributed by atoms with van der Waals surface area (Å²) in [5.41, 5.74) is 1.99. The van der Waals surface area contributed by atoms with Crippen LogP contribution in [0.3, 0.4) is 0 Å². The van der Waals surface area contributed by atoms with Crippen LogP contribution >= 0.6 is 15.9 Å². The summed E-state index contributed by atoms with van der Waals surface area (Å²) in [6.07, 6.45) is 3.24. The fourth-order valence-corrected chi connectivity index (χ4v) is 2.68. The monoisotopic (exact) mass is 376 g/mol. The van der Waals surface area contributed by atoms with Crippen molar-refractivity contribution in [3.63, 3.8) is 0 Å². The second-order valence-corrected chi connectivity index (χ2v) is 6.03. The lowest BCUT2D eigenvalue weighted by Gasteiger charge is -2.09. The predicted octanol–water partition coefficient (Wildman–Crippen LogP) is 4.95. The number of benzene rings is 2.